The second-order valence-electron chi connectivity index (χ2n) is 6.52. The van der Waals surface area contributed by atoms with Crippen molar-refractivity contribution in [1.29, 1.82) is 0 Å². The third-order valence-electron chi connectivity index (χ3n) is 4.45. The Morgan fingerprint density at radius 1 is 1.03 bits per heavy atom. The van der Waals surface area contributed by atoms with Crippen molar-refractivity contribution in [2.45, 2.75) is 19.3 Å². The van der Waals surface area contributed by atoms with Gasteiger partial charge in [-0.1, -0.05) is 12.1 Å². The molecule has 0 atom stereocenters. The first-order valence-corrected chi connectivity index (χ1v) is 9.26. The van der Waals surface area contributed by atoms with Gasteiger partial charge in [-0.2, -0.15) is 18.0 Å². The molecule has 1 aromatic heterocycles. The summed E-state index contributed by atoms with van der Waals surface area (Å²) in [5, 5.41) is 14.2. The molecule has 0 aliphatic rings. The van der Waals surface area contributed by atoms with Crippen LogP contribution in [0.2, 0.25) is 0 Å². The van der Waals surface area contributed by atoms with Crippen LogP contribution in [0.25, 0.3) is 11.4 Å². The van der Waals surface area contributed by atoms with Gasteiger partial charge in [0.15, 0.2) is 11.5 Å². The van der Waals surface area contributed by atoms with E-state index in [4.69, 9.17) is 14.2 Å². The molecule has 0 spiro atoms. The number of aromatic nitrogens is 4. The van der Waals surface area contributed by atoms with E-state index in [-0.39, 0.29) is 24.5 Å². The van der Waals surface area contributed by atoms with Gasteiger partial charge in [0.05, 0.1) is 26.9 Å². The van der Waals surface area contributed by atoms with E-state index in [2.05, 4.69) is 20.7 Å². The zero-order valence-electron chi connectivity index (χ0n) is 17.4. The van der Waals surface area contributed by atoms with Crippen molar-refractivity contribution in [2.75, 3.05) is 21.3 Å². The maximum absolute atomic E-state index is 12.9. The van der Waals surface area contributed by atoms with Gasteiger partial charge < -0.3 is 19.5 Å². The molecular weight excluding hydrogens is 431 g/mol. The first-order valence-electron chi connectivity index (χ1n) is 9.26. The third kappa shape index (κ3) is 5.25. The van der Waals surface area contributed by atoms with Crippen molar-refractivity contribution in [1.82, 2.24) is 25.5 Å². The van der Waals surface area contributed by atoms with Crippen molar-refractivity contribution in [2.24, 2.45) is 0 Å². The Kier molecular flexibility index (Phi) is 6.81. The molecule has 3 rings (SSSR count). The highest BCUT2D eigenvalue weighted by molar-refractivity contribution is 5.75. The lowest BCUT2D eigenvalue weighted by Crippen LogP contribution is -2.28. The van der Waals surface area contributed by atoms with Crippen LogP contribution in [-0.4, -0.2) is 47.4 Å². The smallest absolute Gasteiger partial charge is 0.416 e. The van der Waals surface area contributed by atoms with Crippen molar-refractivity contribution in [3.05, 3.63) is 47.5 Å². The van der Waals surface area contributed by atoms with Crippen molar-refractivity contribution >= 4 is 5.91 Å². The fourth-order valence-corrected chi connectivity index (χ4v) is 2.87. The summed E-state index contributed by atoms with van der Waals surface area (Å²) in [6, 6.07) is 7.87. The number of benzene rings is 2. The summed E-state index contributed by atoms with van der Waals surface area (Å²) in [5.41, 5.74) is -0.0378. The Bertz CT molecular complexity index is 1100. The number of hydrogen-bond donors (Lipinski definition) is 1. The van der Waals surface area contributed by atoms with E-state index in [1.807, 2.05) is 0 Å². The van der Waals surface area contributed by atoms with Gasteiger partial charge in [-0.05, 0) is 23.4 Å². The molecule has 0 radical (unpaired) electrons. The number of amides is 1. The van der Waals surface area contributed by atoms with Crippen LogP contribution in [0.1, 0.15) is 11.1 Å². The molecule has 3 aromatic rings. The Labute approximate surface area is 181 Å². The van der Waals surface area contributed by atoms with E-state index in [1.54, 1.807) is 12.1 Å². The second kappa shape index (κ2) is 9.54. The summed E-state index contributed by atoms with van der Waals surface area (Å²) >= 11 is 0. The second-order valence-corrected chi connectivity index (χ2v) is 6.52. The topological polar surface area (TPSA) is 100 Å². The molecule has 1 amide bonds. The third-order valence-corrected chi connectivity index (χ3v) is 4.45. The normalized spacial score (nSPS) is 11.2. The number of carbonyl (C=O) groups excluding carboxylic acids is 1. The molecule has 0 bridgehead atoms. The summed E-state index contributed by atoms with van der Waals surface area (Å²) in [7, 11) is 4.48. The molecule has 1 N–H and O–H groups in total. The molecule has 0 saturated heterocycles. The molecular formula is C20H20F3N5O4. The van der Waals surface area contributed by atoms with Gasteiger partial charge in [-0.3, -0.25) is 4.79 Å². The lowest BCUT2D eigenvalue weighted by molar-refractivity contribution is -0.137. The Balaban J connectivity index is 1.67. The Morgan fingerprint density at radius 3 is 2.38 bits per heavy atom. The standard InChI is InChI=1S/C20H20F3N5O4/c1-30-15-9-17(32-3)16(31-2)8-13(15)10-24-18(29)11-28-26-19(25-27-28)12-5-4-6-14(7-12)20(21,22)23/h4-9H,10-11H2,1-3H3,(H,24,29). The monoisotopic (exact) mass is 451 g/mol. The first-order chi connectivity index (χ1) is 15.2. The van der Waals surface area contributed by atoms with Gasteiger partial charge in [0.1, 0.15) is 12.3 Å². The molecule has 170 valence electrons. The van der Waals surface area contributed by atoms with E-state index < -0.39 is 17.6 Å². The zero-order valence-corrected chi connectivity index (χ0v) is 17.4. The first kappa shape index (κ1) is 22.8. The largest absolute Gasteiger partial charge is 0.496 e. The lowest BCUT2D eigenvalue weighted by atomic mass is 10.1. The molecule has 0 aliphatic heterocycles. The van der Waals surface area contributed by atoms with Gasteiger partial charge in [-0.15, -0.1) is 10.2 Å². The lowest BCUT2D eigenvalue weighted by Gasteiger charge is -2.14. The van der Waals surface area contributed by atoms with Crippen LogP contribution in [0, 0.1) is 0 Å². The SMILES string of the molecule is COc1cc(OC)c(OC)cc1CNC(=O)Cn1nnc(-c2cccc(C(F)(F)F)c2)n1. The minimum atomic E-state index is -4.49. The van der Waals surface area contributed by atoms with E-state index >= 15 is 0 Å². The van der Waals surface area contributed by atoms with Gasteiger partial charge in [0.2, 0.25) is 11.7 Å². The zero-order chi connectivity index (χ0) is 23.3. The Hall–Kier alpha value is -3.83. The van der Waals surface area contributed by atoms with Crippen molar-refractivity contribution in [3.63, 3.8) is 0 Å². The quantitative estimate of drug-likeness (QED) is 0.562. The van der Waals surface area contributed by atoms with Gasteiger partial charge >= 0.3 is 6.18 Å². The fourth-order valence-electron chi connectivity index (χ4n) is 2.87. The van der Waals surface area contributed by atoms with Crippen LogP contribution >= 0.6 is 0 Å². The van der Waals surface area contributed by atoms with E-state index in [1.165, 1.54) is 33.5 Å². The number of hydrogen-bond acceptors (Lipinski definition) is 7. The summed E-state index contributed by atoms with van der Waals surface area (Å²) in [6.45, 7) is -0.154. The number of methoxy groups -OCH3 is 3. The summed E-state index contributed by atoms with van der Waals surface area (Å²) in [4.78, 5) is 13.3. The minimum absolute atomic E-state index is 0.0227. The number of halogens is 3. The van der Waals surface area contributed by atoms with Crippen LogP contribution in [0.3, 0.4) is 0 Å². The highest BCUT2D eigenvalue weighted by atomic mass is 19.4. The number of carbonyl (C=O) groups is 1. The number of nitrogens with zero attached hydrogens (tertiary/aromatic N) is 4. The molecule has 1 heterocycles. The average Bonchev–Trinajstić information content (AvgIpc) is 3.24. The predicted octanol–water partition coefficient (Wildman–Crippen LogP) is 2.70. The maximum atomic E-state index is 12.9. The van der Waals surface area contributed by atoms with Crippen LogP contribution in [-0.2, 0) is 24.1 Å². The summed E-state index contributed by atoms with van der Waals surface area (Å²) in [6.07, 6.45) is -4.49. The predicted molar refractivity (Wildman–Crippen MR) is 106 cm³/mol. The average molecular weight is 451 g/mol. The van der Waals surface area contributed by atoms with Crippen LogP contribution < -0.4 is 19.5 Å². The molecule has 12 heteroatoms. The number of ether oxygens (including phenoxy) is 3. The molecule has 9 nitrogen and oxygen atoms in total. The van der Waals surface area contributed by atoms with Crippen LogP contribution in [0.4, 0.5) is 13.2 Å². The van der Waals surface area contributed by atoms with Gasteiger partial charge in [0.25, 0.3) is 0 Å². The number of rotatable bonds is 8. The maximum Gasteiger partial charge on any atom is 0.416 e. The van der Waals surface area contributed by atoms with E-state index in [0.717, 1.165) is 16.9 Å². The molecule has 0 saturated carbocycles. The number of nitrogens with one attached hydrogen (secondary N) is 1. The van der Waals surface area contributed by atoms with Crippen molar-refractivity contribution < 1.29 is 32.2 Å². The Morgan fingerprint density at radius 2 is 1.72 bits per heavy atom. The minimum Gasteiger partial charge on any atom is -0.496 e. The molecule has 0 unspecified atom stereocenters. The fraction of sp³-hybridized carbons (Fsp3) is 0.300. The van der Waals surface area contributed by atoms with Gasteiger partial charge in [-0.25, -0.2) is 0 Å². The highest BCUT2D eigenvalue weighted by Gasteiger charge is 2.30. The highest BCUT2D eigenvalue weighted by Crippen LogP contribution is 2.34. The summed E-state index contributed by atoms with van der Waals surface area (Å²) in [5.74, 6) is 0.989. The molecule has 0 fully saturated rings. The van der Waals surface area contributed by atoms with Gasteiger partial charge in [0, 0.05) is 23.7 Å². The number of alkyl halides is 3. The van der Waals surface area contributed by atoms with Crippen LogP contribution in [0.15, 0.2) is 36.4 Å². The molecule has 0 aliphatic carbocycles. The van der Waals surface area contributed by atoms with E-state index in [0.29, 0.717) is 22.8 Å². The number of tetrazole rings is 1. The summed E-state index contributed by atoms with van der Waals surface area (Å²) < 4.78 is 54.5. The van der Waals surface area contributed by atoms with Crippen molar-refractivity contribution in [3.8, 4) is 28.6 Å². The van der Waals surface area contributed by atoms with Crippen LogP contribution in [0.5, 0.6) is 17.2 Å². The molecule has 2 aromatic carbocycles. The molecule has 32 heavy (non-hydrogen) atoms. The van der Waals surface area contributed by atoms with E-state index in [9.17, 15) is 18.0 Å².